The number of nitrogens with zero attached hydrogens (tertiary/aromatic N) is 2. The quantitative estimate of drug-likeness (QED) is 0.0457. The lowest BCUT2D eigenvalue weighted by Gasteiger charge is -2.22. The van der Waals surface area contributed by atoms with Crippen LogP contribution < -0.4 is 14.0 Å². The number of para-hydroxylation sites is 2. The molecule has 6 aromatic carbocycles. The second-order valence-corrected chi connectivity index (χ2v) is 24.7. The lowest BCUT2D eigenvalue weighted by atomic mass is 9.88. The topological polar surface area (TPSA) is 146 Å². The summed E-state index contributed by atoms with van der Waals surface area (Å²) in [6.07, 6.45) is 1.96. The highest BCUT2D eigenvalue weighted by molar-refractivity contribution is 9.28. The Balaban J connectivity index is 0.000000215. The molecule has 0 heterocycles. The summed E-state index contributed by atoms with van der Waals surface area (Å²) in [5.74, 6) is 1.65. The molecule has 0 amide bonds. The van der Waals surface area contributed by atoms with Crippen molar-refractivity contribution in [3.63, 3.8) is 0 Å². The van der Waals surface area contributed by atoms with E-state index in [1.165, 1.54) is 19.1 Å². The molecule has 0 spiro atoms. The number of aryl methyl sites for hydroxylation is 1. The van der Waals surface area contributed by atoms with E-state index in [4.69, 9.17) is 55.9 Å². The van der Waals surface area contributed by atoms with Gasteiger partial charge in [-0.05, 0) is 152 Å². The van der Waals surface area contributed by atoms with Gasteiger partial charge >= 0.3 is 18.7 Å². The summed E-state index contributed by atoms with van der Waals surface area (Å²) in [6, 6.07) is 49.8. The van der Waals surface area contributed by atoms with Crippen molar-refractivity contribution in [2.45, 2.75) is 57.6 Å². The van der Waals surface area contributed by atoms with Gasteiger partial charge in [-0.2, -0.15) is 10.5 Å². The molecule has 1 aliphatic carbocycles. The summed E-state index contributed by atoms with van der Waals surface area (Å²) >= 11 is 19.5. The number of hydrogen-bond donors (Lipinski definition) is 0. The lowest BCUT2D eigenvalue weighted by Crippen LogP contribution is -2.22. The summed E-state index contributed by atoms with van der Waals surface area (Å²) in [5.41, 5.74) is 2.88. The first kappa shape index (κ1) is 59.4. The molecular formula is C57H56Br2ClN2O9PS2. The Hall–Kier alpha value is -5.45. The van der Waals surface area contributed by atoms with Gasteiger partial charge in [0.25, 0.3) is 0 Å². The number of allylic oxidation sites excluding steroid dienone is 1. The van der Waals surface area contributed by atoms with E-state index in [0.717, 1.165) is 14.5 Å². The fraction of sp³-hybridized carbons (Fsp3) is 0.263. The molecule has 5 atom stereocenters. The fourth-order valence-electron chi connectivity index (χ4n) is 7.67. The average Bonchev–Trinajstić information content (AvgIpc) is 3.93. The van der Waals surface area contributed by atoms with Crippen LogP contribution in [0.25, 0.3) is 0 Å². The summed E-state index contributed by atoms with van der Waals surface area (Å²) < 4.78 is 39.3. The normalized spacial score (nSPS) is 15.3. The van der Waals surface area contributed by atoms with Crippen LogP contribution in [0.4, 0.5) is 0 Å². The van der Waals surface area contributed by atoms with Gasteiger partial charge in [0.1, 0.15) is 40.9 Å². The number of rotatable bonds is 18. The zero-order valence-corrected chi connectivity index (χ0v) is 48.4. The molecule has 386 valence electrons. The van der Waals surface area contributed by atoms with Crippen LogP contribution in [0, 0.1) is 52.8 Å². The first-order valence-corrected chi connectivity index (χ1v) is 28.8. The smallest absolute Gasteiger partial charge is 0.380 e. The fourth-order valence-corrected chi connectivity index (χ4v) is 9.88. The van der Waals surface area contributed by atoms with Gasteiger partial charge in [-0.15, -0.1) is 11.8 Å². The van der Waals surface area contributed by atoms with Gasteiger partial charge in [0.15, 0.2) is 0 Å². The Morgan fingerprint density at radius 2 is 1.20 bits per heavy atom. The van der Waals surface area contributed by atoms with Crippen LogP contribution in [-0.2, 0) is 39.9 Å². The number of nitriles is 2. The maximum atomic E-state index is 13.0. The number of ether oxygens (including phenoxy) is 4. The van der Waals surface area contributed by atoms with Crippen LogP contribution in [0.3, 0.4) is 0 Å². The van der Waals surface area contributed by atoms with Crippen molar-refractivity contribution in [2.75, 3.05) is 20.5 Å². The van der Waals surface area contributed by atoms with E-state index in [9.17, 15) is 20.1 Å². The number of esters is 2. The number of hydrogen-bond acceptors (Lipinski definition) is 13. The molecule has 17 heteroatoms. The number of carbonyl (C=O) groups is 2. The molecule has 0 aromatic heterocycles. The zero-order chi connectivity index (χ0) is 54.0. The molecule has 2 unspecified atom stereocenters. The van der Waals surface area contributed by atoms with Gasteiger partial charge in [-0.3, -0.25) is 9.59 Å². The average molecular weight is 1200 g/mol. The van der Waals surface area contributed by atoms with Crippen LogP contribution in [-0.4, -0.2) is 32.4 Å². The van der Waals surface area contributed by atoms with E-state index >= 15 is 0 Å². The maximum absolute atomic E-state index is 13.0. The summed E-state index contributed by atoms with van der Waals surface area (Å²) in [4.78, 5) is 26.8. The molecule has 0 bridgehead atoms. The van der Waals surface area contributed by atoms with E-state index in [2.05, 4.69) is 44.0 Å². The van der Waals surface area contributed by atoms with Gasteiger partial charge in [0.2, 0.25) is 12.2 Å². The van der Waals surface area contributed by atoms with Crippen molar-refractivity contribution in [1.29, 1.82) is 10.5 Å². The van der Waals surface area contributed by atoms with Crippen LogP contribution in [0.5, 0.6) is 28.7 Å². The number of benzene rings is 6. The lowest BCUT2D eigenvalue weighted by molar-refractivity contribution is -0.150. The monoisotopic (exact) mass is 1200 g/mol. The third-order valence-electron chi connectivity index (χ3n) is 11.6. The number of carbonyl (C=O) groups excluding carboxylic acids is 2. The Bertz CT molecular complexity index is 2980. The molecule has 0 aliphatic heterocycles. The highest BCUT2D eigenvalue weighted by Gasteiger charge is 2.62. The Morgan fingerprint density at radius 1 is 0.703 bits per heavy atom. The van der Waals surface area contributed by atoms with Gasteiger partial charge < -0.3 is 32.5 Å². The molecule has 7 rings (SSSR count). The molecule has 0 N–H and O–H groups in total. The van der Waals surface area contributed by atoms with E-state index in [1.54, 1.807) is 72.4 Å². The van der Waals surface area contributed by atoms with Crippen molar-refractivity contribution >= 4 is 85.7 Å². The minimum Gasteiger partial charge on any atom is -0.457 e. The van der Waals surface area contributed by atoms with Crippen molar-refractivity contribution < 1.29 is 42.1 Å². The van der Waals surface area contributed by atoms with E-state index < -0.39 is 30.8 Å². The first-order valence-electron chi connectivity index (χ1n) is 23.0. The Morgan fingerprint density at radius 3 is 1.65 bits per heavy atom. The van der Waals surface area contributed by atoms with E-state index in [1.807, 2.05) is 138 Å². The van der Waals surface area contributed by atoms with Crippen molar-refractivity contribution in [1.82, 2.24) is 0 Å². The minimum absolute atomic E-state index is 0.00855. The van der Waals surface area contributed by atoms with Crippen LogP contribution in [0.2, 0.25) is 5.02 Å². The molecule has 11 nitrogen and oxygen atoms in total. The highest BCUT2D eigenvalue weighted by atomic mass is 79.9. The predicted molar refractivity (Wildman–Crippen MR) is 302 cm³/mol. The second kappa shape index (κ2) is 28.4. The van der Waals surface area contributed by atoms with Crippen molar-refractivity contribution in [2.24, 2.45) is 23.2 Å². The Kier molecular flexibility index (Phi) is 22.8. The van der Waals surface area contributed by atoms with Crippen LogP contribution >= 0.6 is 61.9 Å². The number of thioether (sulfide) groups is 1. The molecule has 0 saturated heterocycles. The number of halogens is 3. The maximum Gasteiger partial charge on any atom is 0.380 e. The largest absolute Gasteiger partial charge is 0.457 e. The molecule has 1 saturated carbocycles. The minimum atomic E-state index is -2.62. The molecule has 1 fully saturated rings. The van der Waals surface area contributed by atoms with E-state index in [-0.39, 0.29) is 29.1 Å². The van der Waals surface area contributed by atoms with E-state index in [0.29, 0.717) is 44.9 Å². The van der Waals surface area contributed by atoms with Gasteiger partial charge in [0.05, 0.1) is 15.2 Å². The molecule has 74 heavy (non-hydrogen) atoms. The Labute approximate surface area is 465 Å². The second-order valence-electron chi connectivity index (χ2n) is 17.5. The zero-order valence-electron chi connectivity index (χ0n) is 41.9. The standard InChI is InChI=1S/C25H22ClNO3.C22H19Br2NO3.C10H15O3PS2/c1-17(2)24(18-11-13-20(26)14-12-18)25(28)30-23(16-27)19-7-6-10-22(15-19)29-21-8-4-3-5-9-21;1-22(2)17(12-19(23)24)20(22)21(26)28-18(13-25)14-7-6-10-16(11-14)27-15-8-4-3-5-9-15;1-8-7-9(5-6-10(8)16-4)13-14(15,11-2)12-3/h3-15,17,23-24H,1-2H3;3-12,17-18,20H,1-2H3;5-7H,1-4H3/t;17-,18+,20-;/m.0./s1. The van der Waals surface area contributed by atoms with Crippen LogP contribution in [0.15, 0.2) is 166 Å². The predicted octanol–water partition coefficient (Wildman–Crippen LogP) is 16.8. The van der Waals surface area contributed by atoms with Gasteiger partial charge in [-0.1, -0.05) is 118 Å². The third-order valence-corrected chi connectivity index (χ3v) is 15.8. The SMILES string of the molecule is CC(C)C(C(=O)OC(C#N)c1cccc(Oc2ccccc2)c1)c1ccc(Cl)cc1.CC1(C)[C@H](C(=O)O[C@H](C#N)c2cccc(Oc3ccccc3)c2)[C@@H]1C=C(Br)Br.COP(=S)(OC)Oc1ccc(SC)c(C)c1. The molecule has 1 aliphatic rings. The van der Waals surface area contributed by atoms with Gasteiger partial charge in [0, 0.05) is 47.1 Å². The highest BCUT2D eigenvalue weighted by Crippen LogP contribution is 2.60. The van der Waals surface area contributed by atoms with Crippen molar-refractivity contribution in [3.8, 4) is 40.9 Å². The van der Waals surface area contributed by atoms with Crippen molar-refractivity contribution in [3.05, 3.63) is 188 Å². The molecule has 6 aromatic rings. The summed E-state index contributed by atoms with van der Waals surface area (Å²) in [7, 11) is 2.99. The van der Waals surface area contributed by atoms with Crippen LogP contribution in [0.1, 0.15) is 68.1 Å². The molecular weight excluding hydrogens is 1150 g/mol. The third kappa shape index (κ3) is 17.3. The first-order chi connectivity index (χ1) is 35.3. The summed E-state index contributed by atoms with van der Waals surface area (Å²) in [6.45, 7) is 7.32. The van der Waals surface area contributed by atoms with Gasteiger partial charge in [-0.25, -0.2) is 0 Å². The molecule has 0 radical (unpaired) electrons. The summed E-state index contributed by atoms with van der Waals surface area (Å²) in [5, 5.41) is 19.8.